The zero-order valence-corrected chi connectivity index (χ0v) is 17.5. The van der Waals surface area contributed by atoms with Gasteiger partial charge in [-0.1, -0.05) is 73.5 Å². The van der Waals surface area contributed by atoms with Crippen molar-refractivity contribution in [2.45, 2.75) is 39.3 Å². The van der Waals surface area contributed by atoms with Crippen LogP contribution in [0.5, 0.6) is 0 Å². The number of benzene rings is 2. The SMILES string of the molecule is CCCCn1c(Cc2ccc(-c3ccccc3-c3nn[nH]n3)cc2)nc(Cl)c1CO. The minimum absolute atomic E-state index is 0.110. The first-order chi connectivity index (χ1) is 14.7. The maximum Gasteiger partial charge on any atom is 0.205 e. The van der Waals surface area contributed by atoms with E-state index in [-0.39, 0.29) is 6.61 Å². The van der Waals surface area contributed by atoms with Crippen molar-refractivity contribution in [1.82, 2.24) is 30.2 Å². The Bertz CT molecular complexity index is 1110. The molecule has 0 amide bonds. The van der Waals surface area contributed by atoms with Gasteiger partial charge >= 0.3 is 0 Å². The molecule has 0 radical (unpaired) electrons. The van der Waals surface area contributed by atoms with Gasteiger partial charge in [0.25, 0.3) is 0 Å². The Kier molecular flexibility index (Phi) is 6.21. The first-order valence-corrected chi connectivity index (χ1v) is 10.4. The van der Waals surface area contributed by atoms with E-state index in [0.717, 1.165) is 47.5 Å². The molecular weight excluding hydrogens is 400 g/mol. The van der Waals surface area contributed by atoms with Crippen LogP contribution >= 0.6 is 11.6 Å². The number of nitrogens with one attached hydrogen (secondary N) is 1. The summed E-state index contributed by atoms with van der Waals surface area (Å²) in [5.41, 5.74) is 4.85. The van der Waals surface area contributed by atoms with E-state index < -0.39 is 0 Å². The summed E-state index contributed by atoms with van der Waals surface area (Å²) in [4.78, 5) is 4.50. The standard InChI is InChI=1S/C22H23ClN6O/c1-2-3-12-29-19(14-30)21(23)24-20(29)13-15-8-10-16(11-9-15)17-6-4-5-7-18(17)22-25-27-28-26-22/h4-11,30H,2-3,12-14H2,1H3,(H,25,26,27,28). The van der Waals surface area contributed by atoms with Crippen LogP contribution in [0.25, 0.3) is 22.5 Å². The van der Waals surface area contributed by atoms with Crippen LogP contribution in [0.15, 0.2) is 48.5 Å². The maximum absolute atomic E-state index is 9.68. The average Bonchev–Trinajstić information content (AvgIpc) is 3.41. The van der Waals surface area contributed by atoms with E-state index in [4.69, 9.17) is 11.6 Å². The molecule has 0 atom stereocenters. The van der Waals surface area contributed by atoms with Crippen molar-refractivity contribution in [3.63, 3.8) is 0 Å². The average molecular weight is 423 g/mol. The van der Waals surface area contributed by atoms with Gasteiger partial charge in [0, 0.05) is 18.5 Å². The number of nitrogens with zero attached hydrogens (tertiary/aromatic N) is 5. The molecule has 0 aliphatic rings. The molecule has 7 nitrogen and oxygen atoms in total. The molecule has 0 saturated heterocycles. The van der Waals surface area contributed by atoms with Gasteiger partial charge in [-0.05, 0) is 28.3 Å². The first-order valence-electron chi connectivity index (χ1n) is 9.98. The number of rotatable bonds is 8. The summed E-state index contributed by atoms with van der Waals surface area (Å²) in [6.45, 7) is 2.83. The fraction of sp³-hybridized carbons (Fsp3) is 0.273. The lowest BCUT2D eigenvalue weighted by Gasteiger charge is -2.11. The normalized spacial score (nSPS) is 11.2. The largest absolute Gasteiger partial charge is 0.390 e. The lowest BCUT2D eigenvalue weighted by atomic mass is 9.98. The van der Waals surface area contributed by atoms with Gasteiger partial charge in [0.2, 0.25) is 5.82 Å². The minimum Gasteiger partial charge on any atom is -0.390 e. The highest BCUT2D eigenvalue weighted by molar-refractivity contribution is 6.30. The molecule has 0 bridgehead atoms. The minimum atomic E-state index is -0.110. The second-order valence-electron chi connectivity index (χ2n) is 7.08. The van der Waals surface area contributed by atoms with Gasteiger partial charge in [-0.3, -0.25) is 0 Å². The number of halogens is 1. The summed E-state index contributed by atoms with van der Waals surface area (Å²) in [7, 11) is 0. The molecule has 0 spiro atoms. The third kappa shape index (κ3) is 4.13. The van der Waals surface area contributed by atoms with E-state index in [0.29, 0.717) is 23.1 Å². The van der Waals surface area contributed by atoms with Crippen molar-refractivity contribution in [3.8, 4) is 22.5 Å². The summed E-state index contributed by atoms with van der Waals surface area (Å²) < 4.78 is 2.05. The molecule has 30 heavy (non-hydrogen) atoms. The number of aromatic nitrogens is 6. The fourth-order valence-electron chi connectivity index (χ4n) is 3.56. The zero-order chi connectivity index (χ0) is 20.9. The second-order valence-corrected chi connectivity index (χ2v) is 7.44. The van der Waals surface area contributed by atoms with E-state index in [1.165, 1.54) is 0 Å². The lowest BCUT2D eigenvalue weighted by molar-refractivity contribution is 0.269. The summed E-state index contributed by atoms with van der Waals surface area (Å²) in [6.07, 6.45) is 2.73. The van der Waals surface area contributed by atoms with Gasteiger partial charge in [-0.25, -0.2) is 4.98 Å². The molecule has 2 N–H and O–H groups in total. The van der Waals surface area contributed by atoms with Crippen molar-refractivity contribution in [2.24, 2.45) is 0 Å². The lowest BCUT2D eigenvalue weighted by Crippen LogP contribution is -2.08. The van der Waals surface area contributed by atoms with Crippen LogP contribution in [-0.4, -0.2) is 35.3 Å². The number of hydrogen-bond acceptors (Lipinski definition) is 5. The first kappa shape index (κ1) is 20.3. The third-order valence-electron chi connectivity index (χ3n) is 5.13. The molecule has 8 heteroatoms. The molecule has 4 rings (SSSR count). The Hall–Kier alpha value is -3.03. The molecule has 0 fully saturated rings. The van der Waals surface area contributed by atoms with E-state index in [1.807, 2.05) is 28.8 Å². The highest BCUT2D eigenvalue weighted by Crippen LogP contribution is 2.30. The van der Waals surface area contributed by atoms with E-state index in [9.17, 15) is 5.11 Å². The summed E-state index contributed by atoms with van der Waals surface area (Å²) in [5, 5.41) is 24.5. The van der Waals surface area contributed by atoms with E-state index in [1.54, 1.807) is 0 Å². The van der Waals surface area contributed by atoms with Gasteiger partial charge < -0.3 is 9.67 Å². The topological polar surface area (TPSA) is 92.5 Å². The van der Waals surface area contributed by atoms with Crippen LogP contribution in [-0.2, 0) is 19.6 Å². The smallest absolute Gasteiger partial charge is 0.205 e. The number of imidazole rings is 1. The van der Waals surface area contributed by atoms with Gasteiger partial charge in [0.05, 0.1) is 12.3 Å². The van der Waals surface area contributed by atoms with Crippen LogP contribution in [0.1, 0.15) is 36.8 Å². The molecule has 2 aromatic carbocycles. The Morgan fingerprint density at radius 2 is 1.83 bits per heavy atom. The predicted molar refractivity (Wildman–Crippen MR) is 116 cm³/mol. The fourth-order valence-corrected chi connectivity index (χ4v) is 3.82. The van der Waals surface area contributed by atoms with Crippen molar-refractivity contribution < 1.29 is 5.11 Å². The van der Waals surface area contributed by atoms with Crippen molar-refractivity contribution in [1.29, 1.82) is 0 Å². The van der Waals surface area contributed by atoms with Crippen LogP contribution < -0.4 is 0 Å². The highest BCUT2D eigenvalue weighted by atomic mass is 35.5. The van der Waals surface area contributed by atoms with E-state index in [2.05, 4.69) is 56.8 Å². The predicted octanol–water partition coefficient (Wildman–Crippen LogP) is 4.27. The monoisotopic (exact) mass is 422 g/mol. The molecule has 4 aromatic rings. The molecule has 2 heterocycles. The Balaban J connectivity index is 1.61. The van der Waals surface area contributed by atoms with Crippen LogP contribution in [0.2, 0.25) is 5.15 Å². The number of aliphatic hydroxyl groups excluding tert-OH is 1. The molecular formula is C22H23ClN6O. The highest BCUT2D eigenvalue weighted by Gasteiger charge is 2.16. The number of tetrazole rings is 1. The number of H-pyrrole nitrogens is 1. The number of unbranched alkanes of at least 4 members (excludes halogenated alkanes) is 1. The molecule has 0 aliphatic carbocycles. The maximum atomic E-state index is 9.68. The van der Waals surface area contributed by atoms with E-state index >= 15 is 0 Å². The quantitative estimate of drug-likeness (QED) is 0.442. The van der Waals surface area contributed by atoms with Crippen LogP contribution in [0, 0.1) is 0 Å². The van der Waals surface area contributed by atoms with Crippen molar-refractivity contribution in [3.05, 3.63) is 70.8 Å². The van der Waals surface area contributed by atoms with Crippen LogP contribution in [0.4, 0.5) is 0 Å². The summed E-state index contributed by atoms with van der Waals surface area (Å²) in [6, 6.07) is 16.3. The zero-order valence-electron chi connectivity index (χ0n) is 16.7. The molecule has 0 aliphatic heterocycles. The summed E-state index contributed by atoms with van der Waals surface area (Å²) >= 11 is 6.26. The summed E-state index contributed by atoms with van der Waals surface area (Å²) in [5.74, 6) is 1.44. The number of hydrogen-bond donors (Lipinski definition) is 2. The van der Waals surface area contributed by atoms with Gasteiger partial charge in [-0.15, -0.1) is 10.2 Å². The molecule has 154 valence electrons. The van der Waals surface area contributed by atoms with Gasteiger partial charge in [0.15, 0.2) is 5.15 Å². The van der Waals surface area contributed by atoms with Gasteiger partial charge in [-0.2, -0.15) is 5.21 Å². The molecule has 2 aromatic heterocycles. The molecule has 0 saturated carbocycles. The number of aliphatic hydroxyl groups is 1. The Morgan fingerprint density at radius 3 is 2.50 bits per heavy atom. The van der Waals surface area contributed by atoms with Crippen LogP contribution in [0.3, 0.4) is 0 Å². The Morgan fingerprint density at radius 1 is 1.07 bits per heavy atom. The van der Waals surface area contributed by atoms with Gasteiger partial charge in [0.1, 0.15) is 5.82 Å². The van der Waals surface area contributed by atoms with Crippen molar-refractivity contribution in [2.75, 3.05) is 0 Å². The molecule has 0 unspecified atom stereocenters. The Labute approximate surface area is 179 Å². The number of aromatic amines is 1. The second kappa shape index (κ2) is 9.19. The third-order valence-corrected chi connectivity index (χ3v) is 5.43. The van der Waals surface area contributed by atoms with Crippen molar-refractivity contribution >= 4 is 11.6 Å².